The normalized spacial score (nSPS) is 13.1. The summed E-state index contributed by atoms with van der Waals surface area (Å²) in [6.07, 6.45) is 0. The summed E-state index contributed by atoms with van der Waals surface area (Å²) in [7, 11) is 0. The zero-order valence-corrected chi connectivity index (χ0v) is 11.3. The fourth-order valence-electron chi connectivity index (χ4n) is 1.71. The Labute approximate surface area is 100 Å². The van der Waals surface area contributed by atoms with Gasteiger partial charge in [-0.2, -0.15) is 0 Å². The van der Waals surface area contributed by atoms with Gasteiger partial charge < -0.3 is 5.32 Å². The van der Waals surface area contributed by atoms with Gasteiger partial charge in [-0.25, -0.2) is 0 Å². The molecule has 16 heavy (non-hydrogen) atoms. The first-order valence-electron chi connectivity index (χ1n) is 6.27. The smallest absolute Gasteiger partial charge is 0.0208 e. The van der Waals surface area contributed by atoms with Crippen LogP contribution >= 0.6 is 0 Å². The van der Waals surface area contributed by atoms with E-state index in [1.165, 1.54) is 16.7 Å². The highest BCUT2D eigenvalue weighted by atomic mass is 14.9. The van der Waals surface area contributed by atoms with Crippen molar-refractivity contribution in [2.75, 3.05) is 6.54 Å². The number of hydrogen-bond donors (Lipinski definition) is 1. The van der Waals surface area contributed by atoms with E-state index in [0.717, 1.165) is 24.9 Å². The van der Waals surface area contributed by atoms with E-state index in [2.05, 4.69) is 58.1 Å². The zero-order chi connectivity index (χ0) is 12.1. The van der Waals surface area contributed by atoms with Crippen LogP contribution in [0.4, 0.5) is 0 Å². The molecule has 0 fully saturated rings. The van der Waals surface area contributed by atoms with Gasteiger partial charge in [-0.15, -0.1) is 0 Å². The molecule has 0 spiro atoms. The van der Waals surface area contributed by atoms with Gasteiger partial charge in [-0.1, -0.05) is 44.5 Å². The van der Waals surface area contributed by atoms with E-state index >= 15 is 0 Å². The van der Waals surface area contributed by atoms with Crippen molar-refractivity contribution in [1.29, 1.82) is 0 Å². The van der Waals surface area contributed by atoms with Gasteiger partial charge in [0, 0.05) is 6.54 Å². The Morgan fingerprint density at radius 2 is 1.81 bits per heavy atom. The van der Waals surface area contributed by atoms with E-state index in [1.807, 2.05) is 0 Å². The number of benzene rings is 1. The van der Waals surface area contributed by atoms with E-state index in [9.17, 15) is 0 Å². The van der Waals surface area contributed by atoms with Crippen molar-refractivity contribution < 1.29 is 0 Å². The van der Waals surface area contributed by atoms with Crippen LogP contribution < -0.4 is 5.32 Å². The largest absolute Gasteiger partial charge is 0.312 e. The molecular weight excluding hydrogens is 194 g/mol. The lowest BCUT2D eigenvalue weighted by atomic mass is 9.98. The Morgan fingerprint density at radius 3 is 2.38 bits per heavy atom. The molecule has 1 aromatic carbocycles. The second-order valence-electron chi connectivity index (χ2n) is 5.28. The van der Waals surface area contributed by atoms with Crippen molar-refractivity contribution in [3.05, 3.63) is 34.9 Å². The van der Waals surface area contributed by atoms with Crippen molar-refractivity contribution in [2.24, 2.45) is 11.8 Å². The number of aryl methyl sites for hydroxylation is 2. The van der Waals surface area contributed by atoms with Gasteiger partial charge in [0.15, 0.2) is 0 Å². The summed E-state index contributed by atoms with van der Waals surface area (Å²) in [5.41, 5.74) is 4.16. The molecule has 1 unspecified atom stereocenters. The molecular formula is C15H25N. The van der Waals surface area contributed by atoms with E-state index < -0.39 is 0 Å². The van der Waals surface area contributed by atoms with E-state index in [0.29, 0.717) is 0 Å². The summed E-state index contributed by atoms with van der Waals surface area (Å²) < 4.78 is 0. The maximum Gasteiger partial charge on any atom is 0.0208 e. The molecule has 0 saturated carbocycles. The topological polar surface area (TPSA) is 12.0 Å². The van der Waals surface area contributed by atoms with Crippen molar-refractivity contribution in [2.45, 2.75) is 41.2 Å². The first-order valence-corrected chi connectivity index (χ1v) is 6.27. The van der Waals surface area contributed by atoms with Crippen LogP contribution in [0.25, 0.3) is 0 Å². The molecule has 1 atom stereocenters. The van der Waals surface area contributed by atoms with Crippen LogP contribution in [0.1, 0.15) is 37.5 Å². The van der Waals surface area contributed by atoms with E-state index in [-0.39, 0.29) is 0 Å². The molecule has 0 radical (unpaired) electrons. The van der Waals surface area contributed by atoms with Crippen LogP contribution in [-0.4, -0.2) is 6.54 Å². The van der Waals surface area contributed by atoms with Crippen molar-refractivity contribution in [3.8, 4) is 0 Å². The molecule has 1 rings (SSSR count). The lowest BCUT2D eigenvalue weighted by Crippen LogP contribution is -2.24. The summed E-state index contributed by atoms with van der Waals surface area (Å²) in [6, 6.07) is 6.68. The lowest BCUT2D eigenvalue weighted by Gasteiger charge is -2.16. The van der Waals surface area contributed by atoms with Crippen molar-refractivity contribution in [3.63, 3.8) is 0 Å². The fraction of sp³-hybridized carbons (Fsp3) is 0.600. The average molecular weight is 219 g/mol. The van der Waals surface area contributed by atoms with Crippen LogP contribution in [0.5, 0.6) is 0 Å². The maximum atomic E-state index is 3.54. The summed E-state index contributed by atoms with van der Waals surface area (Å²) in [5, 5.41) is 3.54. The minimum atomic E-state index is 0.741. The Kier molecular flexibility index (Phi) is 5.01. The Bertz CT molecular complexity index is 328. The van der Waals surface area contributed by atoms with Gasteiger partial charge in [0.2, 0.25) is 0 Å². The van der Waals surface area contributed by atoms with Gasteiger partial charge in [0.1, 0.15) is 0 Å². The molecule has 90 valence electrons. The highest BCUT2D eigenvalue weighted by Gasteiger charge is 2.06. The van der Waals surface area contributed by atoms with Gasteiger partial charge in [0.25, 0.3) is 0 Å². The monoisotopic (exact) mass is 219 g/mol. The third-order valence-corrected chi connectivity index (χ3v) is 3.42. The molecule has 0 heterocycles. The van der Waals surface area contributed by atoms with Crippen LogP contribution in [0, 0.1) is 25.7 Å². The zero-order valence-electron chi connectivity index (χ0n) is 11.3. The minimum Gasteiger partial charge on any atom is -0.312 e. The lowest BCUT2D eigenvalue weighted by molar-refractivity contribution is 0.392. The third-order valence-electron chi connectivity index (χ3n) is 3.42. The number of nitrogens with one attached hydrogen (secondary N) is 1. The average Bonchev–Trinajstić information content (AvgIpc) is 2.20. The van der Waals surface area contributed by atoms with Gasteiger partial charge in [-0.3, -0.25) is 0 Å². The third kappa shape index (κ3) is 3.97. The summed E-state index contributed by atoms with van der Waals surface area (Å²) in [6.45, 7) is 13.3. The molecule has 0 amide bonds. The Hall–Kier alpha value is -0.820. The molecule has 1 N–H and O–H groups in total. The summed E-state index contributed by atoms with van der Waals surface area (Å²) >= 11 is 0. The predicted molar refractivity (Wildman–Crippen MR) is 71.6 cm³/mol. The molecule has 0 bridgehead atoms. The Balaban J connectivity index is 2.43. The first kappa shape index (κ1) is 13.2. The summed E-state index contributed by atoms with van der Waals surface area (Å²) in [4.78, 5) is 0. The van der Waals surface area contributed by atoms with Crippen LogP contribution in [0.3, 0.4) is 0 Å². The molecule has 1 nitrogen and oxygen atoms in total. The molecule has 1 aromatic rings. The second-order valence-corrected chi connectivity index (χ2v) is 5.28. The minimum absolute atomic E-state index is 0.741. The fourth-order valence-corrected chi connectivity index (χ4v) is 1.71. The van der Waals surface area contributed by atoms with Crippen molar-refractivity contribution >= 4 is 0 Å². The molecule has 0 aliphatic heterocycles. The first-order chi connectivity index (χ1) is 7.50. The van der Waals surface area contributed by atoms with Crippen molar-refractivity contribution in [1.82, 2.24) is 5.32 Å². The van der Waals surface area contributed by atoms with Crippen LogP contribution in [0.15, 0.2) is 18.2 Å². The SMILES string of the molecule is Cc1ccc(CNCC(C)C(C)C)c(C)c1. The van der Waals surface area contributed by atoms with Crippen LogP contribution in [-0.2, 0) is 6.54 Å². The molecule has 0 aliphatic rings. The van der Waals surface area contributed by atoms with E-state index in [1.54, 1.807) is 0 Å². The van der Waals surface area contributed by atoms with E-state index in [4.69, 9.17) is 0 Å². The number of hydrogen-bond acceptors (Lipinski definition) is 1. The maximum absolute atomic E-state index is 3.54. The predicted octanol–water partition coefficient (Wildman–Crippen LogP) is 3.69. The molecule has 1 heteroatoms. The molecule has 0 aliphatic carbocycles. The highest BCUT2D eigenvalue weighted by Crippen LogP contribution is 2.11. The second kappa shape index (κ2) is 6.05. The highest BCUT2D eigenvalue weighted by molar-refractivity contribution is 5.30. The standard InChI is InChI=1S/C15H25N/c1-11(2)14(5)9-16-10-15-7-6-12(3)8-13(15)4/h6-8,11,14,16H,9-10H2,1-5H3. The van der Waals surface area contributed by atoms with Gasteiger partial charge in [-0.05, 0) is 43.4 Å². The quantitative estimate of drug-likeness (QED) is 0.796. The van der Waals surface area contributed by atoms with Crippen LogP contribution in [0.2, 0.25) is 0 Å². The van der Waals surface area contributed by atoms with Gasteiger partial charge in [0.05, 0.1) is 0 Å². The van der Waals surface area contributed by atoms with Gasteiger partial charge >= 0.3 is 0 Å². The Morgan fingerprint density at radius 1 is 1.12 bits per heavy atom. The molecule has 0 aromatic heterocycles. The number of rotatable bonds is 5. The molecule has 0 saturated heterocycles. The summed E-state index contributed by atoms with van der Waals surface area (Å²) in [5.74, 6) is 1.50.